The Morgan fingerprint density at radius 3 is 2.06 bits per heavy atom. The standard InChI is InChI=1S/C50H31NO2S/c1-2-10-32(11-3-1)33-12-6-9-31(25-33)29-51-30-37-13-7-16-44-49(37)42-26-36(21-24-43(42)52-44)38-15-8-17-45-50(38)41-23-20-34(27-46(41)53-45)35-19-22-40-39-14-4-5-18-47(39)54-48(40)28-35/h1-28,30H,29H2. The Morgan fingerprint density at radius 2 is 1.13 bits per heavy atom. The number of fused-ring (bicyclic) bond motifs is 9. The number of rotatable bonds is 6. The second-order valence-electron chi connectivity index (χ2n) is 13.9. The van der Waals surface area contributed by atoms with E-state index in [4.69, 9.17) is 13.8 Å². The second-order valence-corrected chi connectivity index (χ2v) is 15.0. The van der Waals surface area contributed by atoms with Crippen molar-refractivity contribution >= 4 is 81.6 Å². The lowest BCUT2D eigenvalue weighted by Gasteiger charge is -2.06. The monoisotopic (exact) mass is 709 g/mol. The Balaban J connectivity index is 0.956. The van der Waals surface area contributed by atoms with Gasteiger partial charge in [0.25, 0.3) is 0 Å². The van der Waals surface area contributed by atoms with Gasteiger partial charge in [0.05, 0.1) is 6.54 Å². The highest BCUT2D eigenvalue weighted by atomic mass is 32.1. The molecule has 8 aromatic carbocycles. The van der Waals surface area contributed by atoms with Crippen molar-refractivity contribution in [2.45, 2.75) is 6.54 Å². The van der Waals surface area contributed by atoms with Gasteiger partial charge in [-0.1, -0.05) is 115 Å². The summed E-state index contributed by atoms with van der Waals surface area (Å²) in [4.78, 5) is 4.91. The van der Waals surface area contributed by atoms with E-state index in [0.717, 1.165) is 66.1 Å². The van der Waals surface area contributed by atoms with Crippen molar-refractivity contribution in [2.24, 2.45) is 4.99 Å². The predicted octanol–water partition coefficient (Wildman–Crippen LogP) is 14.5. The van der Waals surface area contributed by atoms with Crippen LogP contribution in [0.4, 0.5) is 0 Å². The number of aliphatic imine (C=N–C) groups is 1. The summed E-state index contributed by atoms with van der Waals surface area (Å²) in [7, 11) is 0. The molecular formula is C50H31NO2S. The van der Waals surface area contributed by atoms with Crippen molar-refractivity contribution in [3.63, 3.8) is 0 Å². The van der Waals surface area contributed by atoms with Crippen LogP contribution in [0.3, 0.4) is 0 Å². The number of hydrogen-bond donors (Lipinski definition) is 0. The van der Waals surface area contributed by atoms with Crippen molar-refractivity contribution < 1.29 is 8.83 Å². The third-order valence-corrected chi connectivity index (χ3v) is 11.7. The first-order valence-electron chi connectivity index (χ1n) is 18.2. The topological polar surface area (TPSA) is 38.6 Å². The molecule has 0 aliphatic heterocycles. The summed E-state index contributed by atoms with van der Waals surface area (Å²) in [5, 5.41) is 6.98. The van der Waals surface area contributed by atoms with Crippen LogP contribution in [0.1, 0.15) is 11.1 Å². The third kappa shape index (κ3) is 5.14. The van der Waals surface area contributed by atoms with E-state index < -0.39 is 0 Å². The molecule has 0 aliphatic carbocycles. The van der Waals surface area contributed by atoms with Gasteiger partial charge in [0.15, 0.2) is 0 Å². The zero-order chi connectivity index (χ0) is 35.6. The molecule has 0 amide bonds. The first-order valence-corrected chi connectivity index (χ1v) is 19.0. The molecule has 0 aliphatic rings. The van der Waals surface area contributed by atoms with Gasteiger partial charge in [-0.15, -0.1) is 11.3 Å². The number of benzene rings is 8. The minimum Gasteiger partial charge on any atom is -0.456 e. The van der Waals surface area contributed by atoms with Crippen LogP contribution in [0, 0.1) is 0 Å². The van der Waals surface area contributed by atoms with Crippen LogP contribution in [0.2, 0.25) is 0 Å². The molecule has 254 valence electrons. The Labute approximate surface area is 315 Å². The van der Waals surface area contributed by atoms with E-state index in [9.17, 15) is 0 Å². The Bertz CT molecular complexity index is 3250. The number of nitrogens with zero attached hydrogens (tertiary/aromatic N) is 1. The molecule has 0 spiro atoms. The molecule has 11 aromatic rings. The van der Waals surface area contributed by atoms with Crippen LogP contribution in [0.15, 0.2) is 184 Å². The molecule has 0 N–H and O–H groups in total. The van der Waals surface area contributed by atoms with Gasteiger partial charge in [0.2, 0.25) is 0 Å². The lowest BCUT2D eigenvalue weighted by molar-refractivity contribution is 0.669. The van der Waals surface area contributed by atoms with Crippen molar-refractivity contribution in [3.8, 4) is 33.4 Å². The van der Waals surface area contributed by atoms with Gasteiger partial charge >= 0.3 is 0 Å². The highest BCUT2D eigenvalue weighted by Gasteiger charge is 2.17. The summed E-state index contributed by atoms with van der Waals surface area (Å²) in [6.07, 6.45) is 1.99. The molecule has 0 radical (unpaired) electrons. The fourth-order valence-electron chi connectivity index (χ4n) is 8.01. The average molecular weight is 710 g/mol. The van der Waals surface area contributed by atoms with Crippen LogP contribution in [0.5, 0.6) is 0 Å². The van der Waals surface area contributed by atoms with Crippen molar-refractivity contribution in [2.75, 3.05) is 0 Å². The molecule has 11 rings (SSSR count). The summed E-state index contributed by atoms with van der Waals surface area (Å²) in [6.45, 7) is 0.592. The van der Waals surface area contributed by atoms with Gasteiger partial charge < -0.3 is 8.83 Å². The maximum atomic E-state index is 6.55. The Morgan fingerprint density at radius 1 is 0.426 bits per heavy atom. The van der Waals surface area contributed by atoms with Crippen LogP contribution in [0.25, 0.3) is 97.4 Å². The minimum atomic E-state index is 0.592. The van der Waals surface area contributed by atoms with Gasteiger partial charge in [0.1, 0.15) is 22.3 Å². The summed E-state index contributed by atoms with van der Waals surface area (Å²) in [5.41, 5.74) is 12.7. The van der Waals surface area contributed by atoms with Gasteiger partial charge in [-0.05, 0) is 93.5 Å². The van der Waals surface area contributed by atoms with Crippen LogP contribution < -0.4 is 0 Å². The molecule has 54 heavy (non-hydrogen) atoms. The fourth-order valence-corrected chi connectivity index (χ4v) is 9.16. The van der Waals surface area contributed by atoms with E-state index in [1.54, 1.807) is 0 Å². The normalized spacial score (nSPS) is 12.1. The highest BCUT2D eigenvalue weighted by molar-refractivity contribution is 7.25. The lowest BCUT2D eigenvalue weighted by atomic mass is 9.96. The van der Waals surface area contributed by atoms with Gasteiger partial charge in [-0.2, -0.15) is 0 Å². The lowest BCUT2D eigenvalue weighted by Crippen LogP contribution is -1.87. The molecule has 0 unspecified atom stereocenters. The summed E-state index contributed by atoms with van der Waals surface area (Å²) >= 11 is 1.85. The van der Waals surface area contributed by atoms with Crippen LogP contribution in [-0.2, 0) is 6.54 Å². The first kappa shape index (κ1) is 30.8. The van der Waals surface area contributed by atoms with Crippen molar-refractivity contribution in [1.29, 1.82) is 0 Å². The number of thiophene rings is 1. The van der Waals surface area contributed by atoms with E-state index >= 15 is 0 Å². The molecule has 3 nitrogen and oxygen atoms in total. The third-order valence-electron chi connectivity index (χ3n) is 10.6. The molecule has 0 fully saturated rings. The van der Waals surface area contributed by atoms with Gasteiger partial charge in [0, 0.05) is 53.5 Å². The molecular weight excluding hydrogens is 679 g/mol. The Kier molecular flexibility index (Phi) is 7.10. The Hall–Kier alpha value is -6.75. The maximum absolute atomic E-state index is 6.55. The van der Waals surface area contributed by atoms with E-state index in [2.05, 4.69) is 152 Å². The number of hydrogen-bond acceptors (Lipinski definition) is 4. The van der Waals surface area contributed by atoms with Gasteiger partial charge in [-0.3, -0.25) is 4.99 Å². The fraction of sp³-hybridized carbons (Fsp3) is 0.0200. The zero-order valence-electron chi connectivity index (χ0n) is 29.1. The maximum Gasteiger partial charge on any atom is 0.136 e. The largest absolute Gasteiger partial charge is 0.456 e. The number of furan rings is 2. The molecule has 3 aromatic heterocycles. The minimum absolute atomic E-state index is 0.592. The molecule has 0 saturated carbocycles. The molecule has 0 saturated heterocycles. The van der Waals surface area contributed by atoms with Crippen molar-refractivity contribution in [1.82, 2.24) is 0 Å². The average Bonchev–Trinajstić information content (AvgIpc) is 3.92. The summed E-state index contributed by atoms with van der Waals surface area (Å²) in [5.74, 6) is 0. The van der Waals surface area contributed by atoms with E-state index in [1.165, 1.54) is 42.4 Å². The van der Waals surface area contributed by atoms with Crippen LogP contribution >= 0.6 is 11.3 Å². The molecule has 0 bridgehead atoms. The van der Waals surface area contributed by atoms with Gasteiger partial charge in [-0.25, -0.2) is 0 Å². The highest BCUT2D eigenvalue weighted by Crippen LogP contribution is 2.42. The van der Waals surface area contributed by atoms with Crippen LogP contribution in [-0.4, -0.2) is 6.21 Å². The smallest absolute Gasteiger partial charge is 0.136 e. The zero-order valence-corrected chi connectivity index (χ0v) is 29.9. The van der Waals surface area contributed by atoms with E-state index in [0.29, 0.717) is 6.54 Å². The molecule has 3 heterocycles. The summed E-state index contributed by atoms with van der Waals surface area (Å²) < 4.78 is 15.5. The summed E-state index contributed by atoms with van der Waals surface area (Å²) in [6, 6.07) is 60.2. The molecule has 4 heteroatoms. The van der Waals surface area contributed by atoms with Crippen molar-refractivity contribution in [3.05, 3.63) is 181 Å². The van der Waals surface area contributed by atoms with E-state index in [1.807, 2.05) is 35.8 Å². The molecule has 0 atom stereocenters. The predicted molar refractivity (Wildman–Crippen MR) is 228 cm³/mol. The quantitative estimate of drug-likeness (QED) is 0.161. The van der Waals surface area contributed by atoms with E-state index in [-0.39, 0.29) is 0 Å². The first-order chi connectivity index (χ1) is 26.7. The second kappa shape index (κ2) is 12.4. The SMILES string of the molecule is C(=NCc1cccc(-c2ccccc2)c1)c1cccc2oc3ccc(-c4cccc5oc6cc(-c7ccc8c(c7)sc7ccccc78)ccc6c45)cc3c12.